The molecule has 0 atom stereocenters. The van der Waals surface area contributed by atoms with Crippen LogP contribution in [-0.2, 0) is 0 Å². The third-order valence-electron chi connectivity index (χ3n) is 3.39. The number of nitrogens with zero attached hydrogens (tertiary/aromatic N) is 2. The molecule has 4 rings (SSSR count). The summed E-state index contributed by atoms with van der Waals surface area (Å²) in [6, 6.07) is 18.9. The van der Waals surface area contributed by atoms with Crippen LogP contribution in [0.3, 0.4) is 0 Å². The molecule has 0 saturated carbocycles. The monoisotopic (exact) mass is 244 g/mol. The minimum atomic E-state index is 1.01. The van der Waals surface area contributed by atoms with E-state index in [0.717, 1.165) is 11.3 Å². The van der Waals surface area contributed by atoms with Crippen molar-refractivity contribution in [3.63, 3.8) is 0 Å². The molecule has 0 fully saturated rings. The van der Waals surface area contributed by atoms with Crippen LogP contribution < -0.4 is 0 Å². The summed E-state index contributed by atoms with van der Waals surface area (Å²) in [6.07, 6.45) is 0. The van der Waals surface area contributed by atoms with Gasteiger partial charge in [0.1, 0.15) is 5.82 Å². The van der Waals surface area contributed by atoms with E-state index in [-0.39, 0.29) is 0 Å². The highest BCUT2D eigenvalue weighted by Crippen LogP contribution is 2.33. The van der Waals surface area contributed by atoms with E-state index in [1.165, 1.54) is 21.9 Å². The zero-order valence-electron chi connectivity index (χ0n) is 9.67. The largest absolute Gasteiger partial charge is 0.437 e. The molecule has 0 saturated heterocycles. The molecular formula is C15H9AlN2. The molecule has 0 amide bonds. The van der Waals surface area contributed by atoms with Crippen molar-refractivity contribution in [2.24, 2.45) is 0 Å². The van der Waals surface area contributed by atoms with E-state index in [9.17, 15) is 0 Å². The van der Waals surface area contributed by atoms with Crippen molar-refractivity contribution in [2.45, 2.75) is 0 Å². The molecule has 0 aliphatic carbocycles. The van der Waals surface area contributed by atoms with Gasteiger partial charge in [0.2, 0.25) is 0 Å². The molecule has 0 aromatic heterocycles. The van der Waals surface area contributed by atoms with Gasteiger partial charge >= 0.3 is 16.5 Å². The highest BCUT2D eigenvalue weighted by Gasteiger charge is 2.14. The van der Waals surface area contributed by atoms with Crippen LogP contribution >= 0.6 is 0 Å². The van der Waals surface area contributed by atoms with Gasteiger partial charge in [-0.1, -0.05) is 36.4 Å². The quantitative estimate of drug-likeness (QED) is 0.434. The zero-order valence-corrected chi connectivity index (χ0v) is 10.8. The summed E-state index contributed by atoms with van der Waals surface area (Å²) in [5.74, 6) is 1.01. The van der Waals surface area contributed by atoms with Gasteiger partial charge in [-0.05, 0) is 23.6 Å². The third-order valence-corrected chi connectivity index (χ3v) is 3.91. The Kier molecular flexibility index (Phi) is 2.02. The van der Waals surface area contributed by atoms with Gasteiger partial charge in [0.15, 0.2) is 0 Å². The van der Waals surface area contributed by atoms with Crippen molar-refractivity contribution >= 4 is 38.3 Å². The van der Waals surface area contributed by atoms with Gasteiger partial charge in [0, 0.05) is 16.5 Å². The van der Waals surface area contributed by atoms with Crippen LogP contribution in [0, 0.1) is 0 Å². The van der Waals surface area contributed by atoms with Crippen LogP contribution in [0.25, 0.3) is 33.2 Å². The van der Waals surface area contributed by atoms with Crippen LogP contribution in [0.5, 0.6) is 0 Å². The number of benzene rings is 2. The average molecular weight is 244 g/mol. The summed E-state index contributed by atoms with van der Waals surface area (Å²) in [5, 5.41) is 2.45. The standard InChI is InChI=1S/C15H9N2.Al/c1-3-7-13-10(5-1)9-12-11-6-2-4-8-14(11)17-15(12)16-13;/h1-9H;/q-1;+1. The van der Waals surface area contributed by atoms with E-state index in [4.69, 9.17) is 4.98 Å². The Morgan fingerprint density at radius 1 is 0.944 bits per heavy atom. The molecule has 2 heterocycles. The number of para-hydroxylation sites is 2. The Morgan fingerprint density at radius 2 is 1.72 bits per heavy atom. The average Bonchev–Trinajstić information content (AvgIpc) is 2.79. The third kappa shape index (κ3) is 1.26. The highest BCUT2D eigenvalue weighted by atomic mass is 27.1. The Bertz CT molecular complexity index is 848. The second-order valence-corrected chi connectivity index (χ2v) is 4.96. The Hall–Kier alpha value is -1.82. The van der Waals surface area contributed by atoms with Crippen LogP contribution in [0.4, 0.5) is 0 Å². The summed E-state index contributed by atoms with van der Waals surface area (Å²) in [5.41, 5.74) is 3.44. The molecule has 18 heavy (non-hydrogen) atoms. The predicted octanol–water partition coefficient (Wildman–Crippen LogP) is 3.23. The summed E-state index contributed by atoms with van der Waals surface area (Å²) in [7, 11) is 0. The smallest absolute Gasteiger partial charge is 0.320 e. The van der Waals surface area contributed by atoms with Crippen molar-refractivity contribution in [2.75, 3.05) is 0 Å². The van der Waals surface area contributed by atoms with Crippen LogP contribution in [-0.4, -0.2) is 25.0 Å². The number of pyridine rings is 1. The topological polar surface area (TPSA) is 17.8 Å². The maximum Gasteiger partial charge on any atom is 0.320 e. The number of fused-ring (bicyclic) bond motifs is 4. The Labute approximate surface area is 113 Å². The predicted molar refractivity (Wildman–Crippen MR) is 75.0 cm³/mol. The highest BCUT2D eigenvalue weighted by molar-refractivity contribution is 6.15. The molecule has 3 heteroatoms. The number of rotatable bonds is 0. The fraction of sp³-hybridized carbons (Fsp3) is 0. The van der Waals surface area contributed by atoms with E-state index < -0.39 is 0 Å². The van der Waals surface area contributed by atoms with Crippen molar-refractivity contribution in [1.82, 2.24) is 8.53 Å². The maximum absolute atomic E-state index is 4.71. The number of aromatic nitrogens is 2. The van der Waals surface area contributed by atoms with Gasteiger partial charge in [-0.2, -0.15) is 0 Å². The SMILES string of the molecule is [Al][n]1c2nc3ccccc3c-2cc2ccccc21. The van der Waals surface area contributed by atoms with E-state index in [1.807, 2.05) is 6.07 Å². The fourth-order valence-electron chi connectivity index (χ4n) is 2.52. The maximum atomic E-state index is 4.71. The first kappa shape index (κ1) is 10.1. The molecule has 2 aliphatic rings. The minimum Gasteiger partial charge on any atom is -0.437 e. The molecule has 2 nitrogen and oxygen atoms in total. The molecule has 2 aromatic rings. The summed E-state index contributed by atoms with van der Waals surface area (Å²) in [6.45, 7) is 0. The van der Waals surface area contributed by atoms with Gasteiger partial charge in [-0.25, -0.2) is 4.98 Å². The first-order valence-corrected chi connectivity index (χ1v) is 6.40. The van der Waals surface area contributed by atoms with Crippen molar-refractivity contribution in [1.29, 1.82) is 0 Å². The summed E-state index contributed by atoms with van der Waals surface area (Å²) >= 11 is 2.76. The van der Waals surface area contributed by atoms with Crippen molar-refractivity contribution in [3.8, 4) is 11.4 Å². The normalized spacial score (nSPS) is 11.6. The second kappa shape index (κ2) is 3.59. The lowest BCUT2D eigenvalue weighted by Gasteiger charge is -2.12. The van der Waals surface area contributed by atoms with Crippen LogP contribution in [0.15, 0.2) is 54.6 Å². The molecule has 0 unspecified atom stereocenters. The lowest BCUT2D eigenvalue weighted by molar-refractivity contribution is 1.21. The molecule has 2 aromatic carbocycles. The molecule has 82 valence electrons. The van der Waals surface area contributed by atoms with Gasteiger partial charge in [0.05, 0.1) is 5.52 Å². The van der Waals surface area contributed by atoms with Gasteiger partial charge in [-0.15, -0.1) is 0 Å². The molecule has 0 spiro atoms. The van der Waals surface area contributed by atoms with Crippen LogP contribution in [0.2, 0.25) is 0 Å². The molecule has 0 N–H and O–H groups in total. The van der Waals surface area contributed by atoms with E-state index in [1.54, 1.807) is 0 Å². The first-order chi connectivity index (χ1) is 8.84. The first-order valence-electron chi connectivity index (χ1n) is 5.88. The molecule has 2 radical (unpaired) electrons. The second-order valence-electron chi connectivity index (χ2n) is 4.44. The lowest BCUT2D eigenvalue weighted by Crippen LogP contribution is -2.01. The Balaban J connectivity index is 2.29. The molecule has 0 bridgehead atoms. The van der Waals surface area contributed by atoms with E-state index in [0.29, 0.717) is 0 Å². The number of hydrogen-bond acceptors (Lipinski definition) is 1. The molecule has 2 aliphatic heterocycles. The summed E-state index contributed by atoms with van der Waals surface area (Å²) < 4.78 is 2.09. The number of hydrogen-bond donors (Lipinski definition) is 0. The zero-order chi connectivity index (χ0) is 12.1. The van der Waals surface area contributed by atoms with Gasteiger partial charge in [0.25, 0.3) is 0 Å². The Morgan fingerprint density at radius 3 is 2.67 bits per heavy atom. The minimum absolute atomic E-state index is 1.01. The molecular weight excluding hydrogens is 235 g/mol. The van der Waals surface area contributed by atoms with Crippen molar-refractivity contribution < 1.29 is 0 Å². The van der Waals surface area contributed by atoms with Gasteiger partial charge in [-0.3, -0.25) is 0 Å². The van der Waals surface area contributed by atoms with Gasteiger partial charge < -0.3 is 3.55 Å². The fourth-order valence-corrected chi connectivity index (χ4v) is 2.95. The lowest BCUT2D eigenvalue weighted by atomic mass is 10.1. The van der Waals surface area contributed by atoms with Crippen LogP contribution in [0.1, 0.15) is 0 Å². The van der Waals surface area contributed by atoms with Crippen molar-refractivity contribution in [3.05, 3.63) is 54.6 Å². The summed E-state index contributed by atoms with van der Waals surface area (Å²) in [4.78, 5) is 4.71. The van der Waals surface area contributed by atoms with E-state index >= 15 is 0 Å². The van der Waals surface area contributed by atoms with E-state index in [2.05, 4.69) is 68.6 Å².